The highest BCUT2D eigenvalue weighted by Gasteiger charge is 2.28. The Bertz CT molecular complexity index is 303. The van der Waals surface area contributed by atoms with Gasteiger partial charge in [0.15, 0.2) is 0 Å². The summed E-state index contributed by atoms with van der Waals surface area (Å²) in [5, 5.41) is 10.3. The summed E-state index contributed by atoms with van der Waals surface area (Å²) in [6.07, 6.45) is 5.55. The molecule has 1 aromatic rings. The number of hydrogen-bond donors (Lipinski definition) is 1. The molecule has 0 fully saturated rings. The summed E-state index contributed by atoms with van der Waals surface area (Å²) < 4.78 is 0. The first-order chi connectivity index (χ1) is 8.09. The number of benzene rings is 1. The van der Waals surface area contributed by atoms with Crippen LogP contribution >= 0.6 is 0 Å². The van der Waals surface area contributed by atoms with Gasteiger partial charge in [0.2, 0.25) is 0 Å². The molecule has 0 heterocycles. The van der Waals surface area contributed by atoms with Crippen molar-refractivity contribution in [2.75, 3.05) is 0 Å². The van der Waals surface area contributed by atoms with Crippen molar-refractivity contribution in [3.8, 4) is 0 Å². The third kappa shape index (κ3) is 4.16. The molecule has 0 aromatic heterocycles. The first kappa shape index (κ1) is 14.2. The predicted octanol–water partition coefficient (Wildman–Crippen LogP) is 4.30. The standard InChI is InChI=1S/C16H26O/c1-4-5-6-10-13-15(17)16(2,3)14-11-8-7-9-12-14/h7-9,11-12,15,17H,4-6,10,13H2,1-3H3. The zero-order valence-corrected chi connectivity index (χ0v) is 11.4. The molecule has 17 heavy (non-hydrogen) atoms. The molecule has 0 saturated carbocycles. The maximum Gasteiger partial charge on any atom is 0.0631 e. The van der Waals surface area contributed by atoms with Crippen molar-refractivity contribution in [2.24, 2.45) is 0 Å². The lowest BCUT2D eigenvalue weighted by atomic mass is 9.77. The van der Waals surface area contributed by atoms with Crippen LogP contribution in [0.25, 0.3) is 0 Å². The number of rotatable bonds is 7. The summed E-state index contributed by atoms with van der Waals surface area (Å²) in [5.41, 5.74) is 1.08. The molecule has 0 aliphatic heterocycles. The zero-order valence-electron chi connectivity index (χ0n) is 11.4. The lowest BCUT2D eigenvalue weighted by Crippen LogP contribution is -2.33. The molecule has 0 radical (unpaired) electrons. The summed E-state index contributed by atoms with van der Waals surface area (Å²) in [5.74, 6) is 0. The smallest absolute Gasteiger partial charge is 0.0631 e. The molecule has 0 aliphatic rings. The van der Waals surface area contributed by atoms with E-state index in [0.29, 0.717) is 0 Å². The Morgan fingerprint density at radius 1 is 1.06 bits per heavy atom. The molecule has 1 heteroatoms. The third-order valence-electron chi connectivity index (χ3n) is 3.68. The highest BCUT2D eigenvalue weighted by Crippen LogP contribution is 2.29. The van der Waals surface area contributed by atoms with E-state index in [1.54, 1.807) is 0 Å². The minimum atomic E-state index is -0.248. The molecule has 0 spiro atoms. The quantitative estimate of drug-likeness (QED) is 0.698. The normalized spacial score (nSPS) is 13.6. The molecule has 1 aromatic carbocycles. The van der Waals surface area contributed by atoms with Gasteiger partial charge in [0.05, 0.1) is 6.10 Å². The van der Waals surface area contributed by atoms with E-state index in [2.05, 4.69) is 32.9 Å². The van der Waals surface area contributed by atoms with Crippen LogP contribution in [0, 0.1) is 0 Å². The van der Waals surface area contributed by atoms with E-state index in [-0.39, 0.29) is 11.5 Å². The topological polar surface area (TPSA) is 20.2 Å². The van der Waals surface area contributed by atoms with Crippen LogP contribution in [0.4, 0.5) is 0 Å². The summed E-state index contributed by atoms with van der Waals surface area (Å²) in [6.45, 7) is 6.48. The van der Waals surface area contributed by atoms with Crippen molar-refractivity contribution in [2.45, 2.75) is 64.4 Å². The largest absolute Gasteiger partial charge is 0.392 e. The second kappa shape index (κ2) is 6.80. The van der Waals surface area contributed by atoms with E-state index in [1.165, 1.54) is 24.8 Å². The molecule has 0 amide bonds. The van der Waals surface area contributed by atoms with Crippen LogP contribution in [0.5, 0.6) is 0 Å². The van der Waals surface area contributed by atoms with Gasteiger partial charge in [-0.05, 0) is 12.0 Å². The van der Waals surface area contributed by atoms with Crippen molar-refractivity contribution < 1.29 is 5.11 Å². The average molecular weight is 234 g/mol. The minimum Gasteiger partial charge on any atom is -0.392 e. The molecule has 0 aliphatic carbocycles. The summed E-state index contributed by atoms with van der Waals surface area (Å²) in [6, 6.07) is 10.3. The van der Waals surface area contributed by atoms with Crippen molar-refractivity contribution in [3.63, 3.8) is 0 Å². The fourth-order valence-electron chi connectivity index (χ4n) is 2.19. The Balaban J connectivity index is 2.52. The fourth-order valence-corrected chi connectivity index (χ4v) is 2.19. The van der Waals surface area contributed by atoms with Crippen molar-refractivity contribution in [1.29, 1.82) is 0 Å². The molecule has 1 rings (SSSR count). The summed E-state index contributed by atoms with van der Waals surface area (Å²) in [4.78, 5) is 0. The van der Waals surface area contributed by atoms with Crippen molar-refractivity contribution >= 4 is 0 Å². The average Bonchev–Trinajstić information content (AvgIpc) is 2.35. The Kier molecular flexibility index (Phi) is 5.70. The molecular formula is C16H26O. The number of unbranched alkanes of at least 4 members (excludes halogenated alkanes) is 3. The van der Waals surface area contributed by atoms with Gasteiger partial charge in [0.25, 0.3) is 0 Å². The van der Waals surface area contributed by atoms with Gasteiger partial charge >= 0.3 is 0 Å². The highest BCUT2D eigenvalue weighted by molar-refractivity contribution is 5.24. The van der Waals surface area contributed by atoms with E-state index in [9.17, 15) is 5.11 Å². The monoisotopic (exact) mass is 234 g/mol. The van der Waals surface area contributed by atoms with Crippen molar-refractivity contribution in [1.82, 2.24) is 0 Å². The second-order valence-corrected chi connectivity index (χ2v) is 5.45. The van der Waals surface area contributed by atoms with Gasteiger partial charge < -0.3 is 5.11 Å². The van der Waals surface area contributed by atoms with Crippen LogP contribution in [-0.2, 0) is 5.41 Å². The second-order valence-electron chi connectivity index (χ2n) is 5.45. The van der Waals surface area contributed by atoms with Crippen molar-refractivity contribution in [3.05, 3.63) is 35.9 Å². The van der Waals surface area contributed by atoms with Gasteiger partial charge in [-0.3, -0.25) is 0 Å². The van der Waals surface area contributed by atoms with Crippen LogP contribution < -0.4 is 0 Å². The first-order valence-corrected chi connectivity index (χ1v) is 6.82. The van der Waals surface area contributed by atoms with Crippen LogP contribution in [0.3, 0.4) is 0 Å². The van der Waals surface area contributed by atoms with Crippen LogP contribution in [-0.4, -0.2) is 11.2 Å². The first-order valence-electron chi connectivity index (χ1n) is 6.82. The van der Waals surface area contributed by atoms with Crippen LogP contribution in [0.2, 0.25) is 0 Å². The van der Waals surface area contributed by atoms with Gasteiger partial charge in [0, 0.05) is 5.41 Å². The van der Waals surface area contributed by atoms with E-state index in [1.807, 2.05) is 18.2 Å². The predicted molar refractivity (Wildman–Crippen MR) is 74.2 cm³/mol. The lowest BCUT2D eigenvalue weighted by Gasteiger charge is -2.31. The lowest BCUT2D eigenvalue weighted by molar-refractivity contribution is 0.0884. The van der Waals surface area contributed by atoms with Crippen LogP contribution in [0.1, 0.15) is 58.4 Å². The maximum atomic E-state index is 10.3. The van der Waals surface area contributed by atoms with E-state index in [4.69, 9.17) is 0 Å². The van der Waals surface area contributed by atoms with E-state index >= 15 is 0 Å². The minimum absolute atomic E-state index is 0.145. The number of aliphatic hydroxyl groups is 1. The van der Waals surface area contributed by atoms with Gasteiger partial charge in [-0.15, -0.1) is 0 Å². The molecule has 1 N–H and O–H groups in total. The maximum absolute atomic E-state index is 10.3. The summed E-state index contributed by atoms with van der Waals surface area (Å²) in [7, 11) is 0. The van der Waals surface area contributed by atoms with Crippen LogP contribution in [0.15, 0.2) is 30.3 Å². The molecule has 0 saturated heterocycles. The van der Waals surface area contributed by atoms with Gasteiger partial charge in [0.1, 0.15) is 0 Å². The molecule has 1 unspecified atom stereocenters. The zero-order chi connectivity index (χ0) is 12.7. The Labute approximate surface area is 106 Å². The molecular weight excluding hydrogens is 208 g/mol. The third-order valence-corrected chi connectivity index (χ3v) is 3.68. The fraction of sp³-hybridized carbons (Fsp3) is 0.625. The Morgan fingerprint density at radius 3 is 2.29 bits per heavy atom. The van der Waals surface area contributed by atoms with E-state index < -0.39 is 0 Å². The Hall–Kier alpha value is -0.820. The van der Waals surface area contributed by atoms with Gasteiger partial charge in [-0.1, -0.05) is 76.8 Å². The van der Waals surface area contributed by atoms with Gasteiger partial charge in [-0.2, -0.15) is 0 Å². The number of aliphatic hydroxyl groups excluding tert-OH is 1. The number of hydrogen-bond acceptors (Lipinski definition) is 1. The molecule has 1 nitrogen and oxygen atoms in total. The SMILES string of the molecule is CCCCCCC(O)C(C)(C)c1ccccc1. The summed E-state index contributed by atoms with van der Waals surface area (Å²) >= 11 is 0. The molecule has 1 atom stereocenters. The molecule has 96 valence electrons. The Morgan fingerprint density at radius 2 is 1.71 bits per heavy atom. The molecule has 0 bridgehead atoms. The van der Waals surface area contributed by atoms with E-state index in [0.717, 1.165) is 12.8 Å². The highest BCUT2D eigenvalue weighted by atomic mass is 16.3. The van der Waals surface area contributed by atoms with Gasteiger partial charge in [-0.25, -0.2) is 0 Å².